The molecule has 200 valence electrons. The molecule has 0 aliphatic carbocycles. The Morgan fingerprint density at radius 3 is 2.08 bits per heavy atom. The molecular formula is C29H31Cl3N4O2. The van der Waals surface area contributed by atoms with Crippen LogP contribution in [0.4, 0.5) is 5.69 Å². The molecular weight excluding hydrogens is 543 g/mol. The van der Waals surface area contributed by atoms with E-state index in [1.165, 1.54) is 5.56 Å². The lowest BCUT2D eigenvalue weighted by atomic mass is 10.1. The van der Waals surface area contributed by atoms with Gasteiger partial charge in [-0.1, -0.05) is 59.1 Å². The molecule has 0 saturated carbocycles. The second-order valence-electron chi connectivity index (χ2n) is 9.95. The summed E-state index contributed by atoms with van der Waals surface area (Å²) in [5.74, 6) is -0.108. The minimum absolute atomic E-state index is 0.0746. The van der Waals surface area contributed by atoms with E-state index in [-0.39, 0.29) is 11.9 Å². The highest BCUT2D eigenvalue weighted by atomic mass is 35.5. The molecule has 6 nitrogen and oxygen atoms in total. The summed E-state index contributed by atoms with van der Waals surface area (Å²) in [6, 6.07) is 20.7. The van der Waals surface area contributed by atoms with E-state index in [0.29, 0.717) is 40.9 Å². The lowest BCUT2D eigenvalue weighted by Gasteiger charge is -2.38. The Balaban J connectivity index is 1.19. The summed E-state index contributed by atoms with van der Waals surface area (Å²) in [5, 5.41) is 16.2. The SMILES string of the molecule is O=C(c1ccc(Cl)cc1NCc1ccc(Cl)cc1)N1C[C@@H](O)[C@H](N2CCN(Cc3ccc(Cl)cc3)CC2)C1. The number of rotatable bonds is 7. The van der Waals surface area contributed by atoms with E-state index >= 15 is 0 Å². The third kappa shape index (κ3) is 6.63. The van der Waals surface area contributed by atoms with Gasteiger partial charge >= 0.3 is 0 Å². The van der Waals surface area contributed by atoms with Gasteiger partial charge in [-0.2, -0.15) is 0 Å². The number of nitrogens with one attached hydrogen (secondary N) is 1. The fraction of sp³-hybridized carbons (Fsp3) is 0.345. The number of nitrogens with zero attached hydrogens (tertiary/aromatic N) is 3. The summed E-state index contributed by atoms with van der Waals surface area (Å²) >= 11 is 18.3. The molecule has 2 fully saturated rings. The number of hydrogen-bond acceptors (Lipinski definition) is 5. The Hall–Kier alpha value is -2.32. The quantitative estimate of drug-likeness (QED) is 0.404. The summed E-state index contributed by atoms with van der Waals surface area (Å²) in [6.07, 6.45) is -0.584. The van der Waals surface area contributed by atoms with Crippen LogP contribution in [0, 0.1) is 0 Å². The highest BCUT2D eigenvalue weighted by Gasteiger charge is 2.39. The van der Waals surface area contributed by atoms with Crippen LogP contribution in [0.2, 0.25) is 15.1 Å². The number of carbonyl (C=O) groups excluding carboxylic acids is 1. The normalized spacial score (nSPS) is 20.6. The van der Waals surface area contributed by atoms with Gasteiger partial charge in [0.2, 0.25) is 0 Å². The van der Waals surface area contributed by atoms with Crippen molar-refractivity contribution in [2.24, 2.45) is 0 Å². The van der Waals surface area contributed by atoms with E-state index in [9.17, 15) is 9.90 Å². The van der Waals surface area contributed by atoms with Crippen LogP contribution in [0.15, 0.2) is 66.7 Å². The van der Waals surface area contributed by atoms with Gasteiger partial charge in [-0.15, -0.1) is 0 Å². The molecule has 0 aromatic heterocycles. The molecule has 2 heterocycles. The minimum atomic E-state index is -0.584. The Morgan fingerprint density at radius 1 is 0.816 bits per heavy atom. The van der Waals surface area contributed by atoms with Crippen LogP contribution < -0.4 is 5.32 Å². The second kappa shape index (κ2) is 12.2. The second-order valence-corrected chi connectivity index (χ2v) is 11.3. The molecule has 2 aliphatic heterocycles. The van der Waals surface area contributed by atoms with E-state index in [1.807, 2.05) is 36.4 Å². The minimum Gasteiger partial charge on any atom is -0.390 e. The Labute approximate surface area is 238 Å². The maximum Gasteiger partial charge on any atom is 0.256 e. The van der Waals surface area contributed by atoms with E-state index in [1.54, 1.807) is 23.1 Å². The van der Waals surface area contributed by atoms with E-state index in [2.05, 4.69) is 27.2 Å². The van der Waals surface area contributed by atoms with Crippen molar-refractivity contribution in [3.63, 3.8) is 0 Å². The van der Waals surface area contributed by atoms with Gasteiger partial charge in [0.05, 0.1) is 17.7 Å². The average Bonchev–Trinajstić information content (AvgIpc) is 3.31. The summed E-state index contributed by atoms with van der Waals surface area (Å²) in [7, 11) is 0. The Bertz CT molecular complexity index is 1250. The summed E-state index contributed by atoms with van der Waals surface area (Å²) < 4.78 is 0. The topological polar surface area (TPSA) is 59.1 Å². The van der Waals surface area contributed by atoms with Crippen molar-refractivity contribution in [2.45, 2.75) is 25.2 Å². The molecule has 2 N–H and O–H groups in total. The third-order valence-corrected chi connectivity index (χ3v) is 8.09. The molecule has 3 aromatic rings. The number of likely N-dealkylation sites (tertiary alicyclic amines) is 1. The number of piperazine rings is 1. The molecule has 5 rings (SSSR count). The van der Waals surface area contributed by atoms with Gasteiger partial charge in [0, 0.05) is 73.1 Å². The van der Waals surface area contributed by atoms with Crippen molar-refractivity contribution in [1.82, 2.24) is 14.7 Å². The Kier molecular flexibility index (Phi) is 8.78. The maximum atomic E-state index is 13.6. The molecule has 9 heteroatoms. The van der Waals surface area contributed by atoms with Crippen LogP contribution >= 0.6 is 34.8 Å². The molecule has 2 atom stereocenters. The van der Waals surface area contributed by atoms with Gasteiger partial charge in [-0.3, -0.25) is 14.6 Å². The van der Waals surface area contributed by atoms with Crippen LogP contribution in [0.5, 0.6) is 0 Å². The van der Waals surface area contributed by atoms with Crippen LogP contribution in [-0.2, 0) is 13.1 Å². The molecule has 0 unspecified atom stereocenters. The number of amides is 1. The number of carbonyl (C=O) groups is 1. The zero-order chi connectivity index (χ0) is 26.6. The van der Waals surface area contributed by atoms with Gasteiger partial charge in [0.25, 0.3) is 5.91 Å². The molecule has 0 bridgehead atoms. The smallest absolute Gasteiger partial charge is 0.256 e. The number of halogens is 3. The molecule has 2 aliphatic rings. The number of aliphatic hydroxyl groups is 1. The van der Waals surface area contributed by atoms with Crippen molar-refractivity contribution in [3.8, 4) is 0 Å². The van der Waals surface area contributed by atoms with E-state index < -0.39 is 6.10 Å². The van der Waals surface area contributed by atoms with E-state index in [4.69, 9.17) is 34.8 Å². The van der Waals surface area contributed by atoms with E-state index in [0.717, 1.165) is 43.3 Å². The summed E-state index contributed by atoms with van der Waals surface area (Å²) in [6.45, 7) is 5.75. The third-order valence-electron chi connectivity index (χ3n) is 7.35. The van der Waals surface area contributed by atoms with Crippen molar-refractivity contribution in [2.75, 3.05) is 44.6 Å². The van der Waals surface area contributed by atoms with Crippen LogP contribution in [0.3, 0.4) is 0 Å². The molecule has 2 saturated heterocycles. The zero-order valence-electron chi connectivity index (χ0n) is 21.0. The van der Waals surface area contributed by atoms with Gasteiger partial charge in [-0.05, 0) is 53.6 Å². The van der Waals surface area contributed by atoms with Gasteiger partial charge in [-0.25, -0.2) is 0 Å². The van der Waals surface area contributed by atoms with Gasteiger partial charge < -0.3 is 15.3 Å². The number of aliphatic hydroxyl groups excluding tert-OH is 1. The largest absolute Gasteiger partial charge is 0.390 e. The number of anilines is 1. The monoisotopic (exact) mass is 572 g/mol. The summed E-state index contributed by atoms with van der Waals surface area (Å²) in [4.78, 5) is 20.1. The number of hydrogen-bond donors (Lipinski definition) is 2. The first kappa shape index (κ1) is 27.3. The maximum absolute atomic E-state index is 13.6. The fourth-order valence-electron chi connectivity index (χ4n) is 5.21. The molecule has 0 spiro atoms. The van der Waals surface area contributed by atoms with Crippen molar-refractivity contribution < 1.29 is 9.90 Å². The lowest BCUT2D eigenvalue weighted by molar-refractivity contribution is 0.0423. The standard InChI is InChI=1S/C29H31Cl3N4O2/c30-22-5-1-20(2-6-22)16-33-26-15-24(32)9-10-25(26)29(38)36-18-27(28(37)19-36)35-13-11-34(12-14-35)17-21-3-7-23(31)8-4-21/h1-10,15,27-28,33,37H,11-14,16-19H2/t27-,28-/m1/s1. The predicted octanol–water partition coefficient (Wildman–Crippen LogP) is 5.26. The number of β-amino-alcohol motifs (C(OH)–C–C–N with tert-alkyl or cyclic N) is 1. The summed E-state index contributed by atoms with van der Waals surface area (Å²) in [5.41, 5.74) is 3.50. The van der Waals surface area contributed by atoms with Gasteiger partial charge in [0.15, 0.2) is 0 Å². The first-order valence-corrected chi connectivity index (χ1v) is 13.9. The average molecular weight is 574 g/mol. The van der Waals surface area contributed by atoms with Crippen molar-refractivity contribution >= 4 is 46.4 Å². The van der Waals surface area contributed by atoms with Crippen LogP contribution in [-0.4, -0.2) is 77.1 Å². The van der Waals surface area contributed by atoms with Crippen molar-refractivity contribution in [1.29, 1.82) is 0 Å². The fourth-order valence-corrected chi connectivity index (χ4v) is 5.64. The predicted molar refractivity (Wildman–Crippen MR) is 154 cm³/mol. The molecule has 38 heavy (non-hydrogen) atoms. The van der Waals surface area contributed by atoms with Crippen LogP contribution in [0.25, 0.3) is 0 Å². The zero-order valence-corrected chi connectivity index (χ0v) is 23.3. The number of benzene rings is 3. The molecule has 0 radical (unpaired) electrons. The first-order chi connectivity index (χ1) is 18.4. The Morgan fingerprint density at radius 2 is 1.42 bits per heavy atom. The lowest BCUT2D eigenvalue weighted by Crippen LogP contribution is -2.53. The molecule has 3 aromatic carbocycles. The van der Waals surface area contributed by atoms with Gasteiger partial charge in [0.1, 0.15) is 0 Å². The van der Waals surface area contributed by atoms with Crippen LogP contribution in [0.1, 0.15) is 21.5 Å². The highest BCUT2D eigenvalue weighted by Crippen LogP contribution is 2.27. The first-order valence-electron chi connectivity index (χ1n) is 12.8. The molecule has 1 amide bonds. The van der Waals surface area contributed by atoms with Crippen molar-refractivity contribution in [3.05, 3.63) is 98.5 Å². The highest BCUT2D eigenvalue weighted by molar-refractivity contribution is 6.31.